The highest BCUT2D eigenvalue weighted by molar-refractivity contribution is 9.11. The maximum atomic E-state index is 15.1. The number of thiazole rings is 2. The third kappa shape index (κ3) is 11.9. The molecule has 12 nitrogen and oxygen atoms in total. The number of carbonyl (C=O) groups is 1. The minimum atomic E-state index is -1.82. The Hall–Kier alpha value is -5.03. The number of hydrogen-bond donors (Lipinski definition) is 1. The molecule has 4 aliphatic carbocycles. The molecule has 4 aliphatic rings. The molecule has 422 valence electrons. The van der Waals surface area contributed by atoms with E-state index >= 15 is 4.39 Å². The van der Waals surface area contributed by atoms with Gasteiger partial charge < -0.3 is 23.6 Å². The maximum absolute atomic E-state index is 15.1. The van der Waals surface area contributed by atoms with Crippen molar-refractivity contribution in [3.63, 3.8) is 0 Å². The molecule has 3 unspecified atom stereocenters. The number of rotatable bonds is 11. The number of aromatic nitrogens is 4. The average molecular weight is 1290 g/mol. The Morgan fingerprint density at radius 2 is 1.11 bits per heavy atom. The van der Waals surface area contributed by atoms with Crippen molar-refractivity contribution in [3.05, 3.63) is 147 Å². The predicted molar refractivity (Wildman–Crippen MR) is 309 cm³/mol. The van der Waals surface area contributed by atoms with Gasteiger partial charge in [0.1, 0.15) is 50.4 Å². The van der Waals surface area contributed by atoms with Crippen LogP contribution in [0.1, 0.15) is 107 Å². The Bertz CT molecular complexity index is 3740. The normalized spacial score (nSPS) is 22.3. The number of halogens is 9. The Morgan fingerprint density at radius 1 is 0.691 bits per heavy atom. The topological polar surface area (TPSA) is 142 Å². The number of ketones is 1. The number of alkyl halides is 2. The number of ether oxygens (including phenoxy) is 2. The van der Waals surface area contributed by atoms with Crippen molar-refractivity contribution >= 4 is 123 Å². The fourth-order valence-electron chi connectivity index (χ4n) is 11.6. The second kappa shape index (κ2) is 23.6. The largest absolute Gasteiger partial charge is 0.382 e. The molecule has 0 amide bonds. The lowest BCUT2D eigenvalue weighted by Crippen LogP contribution is -2.44. The molecule has 4 saturated carbocycles. The highest BCUT2D eigenvalue weighted by Gasteiger charge is 2.56. The van der Waals surface area contributed by atoms with E-state index in [1.54, 1.807) is 48.5 Å². The first kappa shape index (κ1) is 59.1. The standard InChI is InChI=1S/C29H25Cl2F2N3O3S.C21H22Cl2FNO3.C8H2BrFN2S/c1-28(2,33)26-18(24(36-39-26)23-19(30)5-4-6-20(23)31)13-38-17-9-14-7-8-15(10-17)29(14,37)27-35-25-21(32)11-16(34-3)12-22(25)40-27;1-21(2,24)20-14(10-27-13-8-11-6-7-12(9-13)19(11)26)18(25-28-20)17-15(22)4-3-5-16(17)23;1-11-4-2-5(10)7-6(3-4)13-8(9)12-7/h4-6,11-12,14-15,17,37H,7-10,13H2,1-2H3;3-5,11-13H,6-10H2,1-2H3;2-3H/t14-,15+,17?,29?;11-,12+,13?;. The zero-order valence-electron chi connectivity index (χ0n) is 43.7. The second-order valence-corrected chi connectivity index (χ2v) is 26.5. The summed E-state index contributed by atoms with van der Waals surface area (Å²) >= 11 is 31.3. The average Bonchev–Trinajstić information content (AvgIpc) is 4.37. The second-order valence-electron chi connectivity index (χ2n) is 21.6. The van der Waals surface area contributed by atoms with E-state index in [0.717, 1.165) is 38.5 Å². The summed E-state index contributed by atoms with van der Waals surface area (Å²) in [5, 5.41) is 22.2. The fraction of sp³-hybridized carbons (Fsp3) is 0.397. The zero-order chi connectivity index (χ0) is 57.9. The van der Waals surface area contributed by atoms with Crippen molar-refractivity contribution in [2.45, 2.75) is 121 Å². The summed E-state index contributed by atoms with van der Waals surface area (Å²) in [6.45, 7) is 19.7. The molecule has 0 spiro atoms. The SMILES string of the molecule is CC(C)(F)c1onc(-c2c(Cl)cccc2Cl)c1COC1C[C@H]2CC[C@@H](C1)C2=O.[C-]#[N+]c1cc(F)c2nc(Br)sc2c1.[C-]#[N+]c1cc(F)c2nc(C3(O)[C@@H]4CC[C@H]3CC(OCc3c(-c5c(Cl)cccc5Cl)noc3C(C)(C)F)C4)sc2c1. The van der Waals surface area contributed by atoms with Crippen molar-refractivity contribution < 1.29 is 46.0 Å². The molecule has 4 heterocycles. The fourth-order valence-corrected chi connectivity index (χ4v) is 15.5. The predicted octanol–water partition coefficient (Wildman–Crippen LogP) is 18.6. The van der Waals surface area contributed by atoms with E-state index in [1.807, 2.05) is 0 Å². The summed E-state index contributed by atoms with van der Waals surface area (Å²) in [5.74, 6) is -0.563. The molecule has 1 N–H and O–H groups in total. The number of aliphatic hydroxyl groups is 1. The van der Waals surface area contributed by atoms with Crippen LogP contribution in [0.15, 0.2) is 73.6 Å². The molecule has 81 heavy (non-hydrogen) atoms. The molecule has 12 rings (SSSR count). The van der Waals surface area contributed by atoms with Crippen LogP contribution >= 0.6 is 85.0 Å². The Balaban J connectivity index is 0.000000155. The minimum absolute atomic E-state index is 0.0252. The number of carbonyl (C=O) groups excluding carboxylic acids is 1. The van der Waals surface area contributed by atoms with Gasteiger partial charge in [0.25, 0.3) is 0 Å². The van der Waals surface area contributed by atoms with Crippen molar-refractivity contribution in [3.8, 4) is 22.5 Å². The van der Waals surface area contributed by atoms with Crippen molar-refractivity contribution in [1.29, 1.82) is 0 Å². The van der Waals surface area contributed by atoms with E-state index in [9.17, 15) is 23.1 Å². The first-order valence-corrected chi connectivity index (χ1v) is 29.7. The van der Waals surface area contributed by atoms with Gasteiger partial charge in [0.2, 0.25) is 0 Å². The van der Waals surface area contributed by atoms with E-state index in [2.05, 4.69) is 45.9 Å². The third-order valence-corrected chi connectivity index (χ3v) is 19.2. The van der Waals surface area contributed by atoms with Gasteiger partial charge >= 0.3 is 0 Å². The zero-order valence-corrected chi connectivity index (χ0v) is 49.9. The quantitative estimate of drug-likeness (QED) is 0.0982. The van der Waals surface area contributed by atoms with Crippen LogP contribution in [0.25, 0.3) is 52.6 Å². The molecule has 4 aromatic carbocycles. The highest BCUT2D eigenvalue weighted by Crippen LogP contribution is 2.57. The van der Waals surface area contributed by atoms with Crippen molar-refractivity contribution in [1.82, 2.24) is 20.3 Å². The van der Waals surface area contributed by atoms with Crippen LogP contribution in [0, 0.1) is 48.5 Å². The number of benzene rings is 4. The van der Waals surface area contributed by atoms with E-state index in [-0.39, 0.29) is 71.8 Å². The summed E-state index contributed by atoms with van der Waals surface area (Å²) in [5.41, 5.74) is -1.12. The summed E-state index contributed by atoms with van der Waals surface area (Å²) in [6, 6.07) is 15.8. The molecule has 7 atom stereocenters. The molecule has 0 radical (unpaired) electrons. The van der Waals surface area contributed by atoms with Crippen LogP contribution in [0.3, 0.4) is 0 Å². The molecule has 0 aliphatic heterocycles. The van der Waals surface area contributed by atoms with Gasteiger partial charge in [-0.2, -0.15) is 0 Å². The molecule has 23 heteroatoms. The van der Waals surface area contributed by atoms with Gasteiger partial charge in [0, 0.05) is 32.4 Å². The van der Waals surface area contributed by atoms with E-state index in [4.69, 9.17) is 78.1 Å². The van der Waals surface area contributed by atoms with Gasteiger partial charge in [-0.15, -0.1) is 22.7 Å². The molecule has 4 bridgehead atoms. The lowest BCUT2D eigenvalue weighted by Gasteiger charge is -2.41. The van der Waals surface area contributed by atoms with Gasteiger partial charge in [0.05, 0.1) is 69.8 Å². The van der Waals surface area contributed by atoms with Crippen LogP contribution in [0.5, 0.6) is 0 Å². The summed E-state index contributed by atoms with van der Waals surface area (Å²) in [4.78, 5) is 27.0. The molecule has 4 fully saturated rings. The highest BCUT2D eigenvalue weighted by atomic mass is 79.9. The van der Waals surface area contributed by atoms with Gasteiger partial charge in [-0.1, -0.05) is 68.8 Å². The molecule has 0 saturated heterocycles. The van der Waals surface area contributed by atoms with Crippen LogP contribution in [-0.4, -0.2) is 43.4 Å². The summed E-state index contributed by atoms with van der Waals surface area (Å²) in [7, 11) is 0. The monoisotopic (exact) mass is 1280 g/mol. The minimum Gasteiger partial charge on any atom is -0.382 e. The van der Waals surface area contributed by atoms with Crippen LogP contribution < -0.4 is 0 Å². The van der Waals surface area contributed by atoms with Crippen LogP contribution in [0.2, 0.25) is 20.1 Å². The van der Waals surface area contributed by atoms with Gasteiger partial charge in [-0.05, 0) is 155 Å². The van der Waals surface area contributed by atoms with E-state index in [1.165, 1.54) is 62.5 Å². The Labute approximate surface area is 499 Å². The first-order chi connectivity index (χ1) is 38.5. The van der Waals surface area contributed by atoms with Gasteiger partial charge in [-0.25, -0.2) is 37.2 Å². The van der Waals surface area contributed by atoms with E-state index in [0.29, 0.717) is 102 Å². The number of nitrogens with zero attached hydrogens (tertiary/aromatic N) is 6. The Kier molecular flexibility index (Phi) is 17.2. The molecule has 4 aromatic heterocycles. The van der Waals surface area contributed by atoms with Crippen LogP contribution in [0.4, 0.5) is 28.9 Å². The smallest absolute Gasteiger partial charge is 0.191 e. The van der Waals surface area contributed by atoms with Crippen molar-refractivity contribution in [2.24, 2.45) is 23.7 Å². The number of hydrogen-bond acceptors (Lipinski definition) is 12. The lowest BCUT2D eigenvalue weighted by atomic mass is 9.73. The molecular formula is C58H49BrCl4F4N6O6S2. The van der Waals surface area contributed by atoms with Crippen molar-refractivity contribution in [2.75, 3.05) is 0 Å². The lowest BCUT2D eigenvalue weighted by molar-refractivity contribution is -0.130. The maximum Gasteiger partial charge on any atom is 0.191 e. The molecular weight excluding hydrogens is 1240 g/mol. The Morgan fingerprint density at radius 3 is 1.54 bits per heavy atom. The van der Waals surface area contributed by atoms with Gasteiger partial charge in [0.15, 0.2) is 38.1 Å². The van der Waals surface area contributed by atoms with E-state index < -0.39 is 28.6 Å². The summed E-state index contributed by atoms with van der Waals surface area (Å²) < 4.78 is 82.9. The number of fused-ring (bicyclic) bond motifs is 6. The number of Topliss-reactive ketones (excluding diaryl/α,β-unsaturated/α-hetero) is 1. The van der Waals surface area contributed by atoms with Crippen LogP contribution in [-0.2, 0) is 44.4 Å². The molecule has 8 aromatic rings. The summed E-state index contributed by atoms with van der Waals surface area (Å²) in [6.07, 6.45) is 5.76. The van der Waals surface area contributed by atoms with Gasteiger partial charge in [-0.3, -0.25) is 4.79 Å². The third-order valence-electron chi connectivity index (χ3n) is 15.4. The first-order valence-electron chi connectivity index (χ1n) is 25.8.